The molecule has 0 aliphatic carbocycles. The molecule has 0 aliphatic heterocycles. The predicted octanol–water partition coefficient (Wildman–Crippen LogP) is 3.20. The standard InChI is InChI=1S/C15H24FN3O/c1-15(2,14(17)18-20)9-4-5-10-19(3)13-8-6-7-12(16)11-13/h6-8,11,20H,4-5,9-10H2,1-3H3,(H2,17,18). The summed E-state index contributed by atoms with van der Waals surface area (Å²) in [6, 6.07) is 6.57. The number of oxime groups is 1. The van der Waals surface area contributed by atoms with Gasteiger partial charge >= 0.3 is 0 Å². The van der Waals surface area contributed by atoms with Gasteiger partial charge in [-0.15, -0.1) is 0 Å². The fraction of sp³-hybridized carbons (Fsp3) is 0.533. The normalized spacial score (nSPS) is 12.5. The van der Waals surface area contributed by atoms with Crippen LogP contribution in [-0.4, -0.2) is 24.6 Å². The van der Waals surface area contributed by atoms with Crippen molar-refractivity contribution in [3.63, 3.8) is 0 Å². The molecule has 1 rings (SSSR count). The van der Waals surface area contributed by atoms with Gasteiger partial charge in [0.1, 0.15) is 11.7 Å². The molecule has 0 heterocycles. The average molecular weight is 281 g/mol. The summed E-state index contributed by atoms with van der Waals surface area (Å²) in [6.07, 6.45) is 2.78. The van der Waals surface area contributed by atoms with E-state index in [0.29, 0.717) is 0 Å². The Morgan fingerprint density at radius 1 is 1.40 bits per heavy atom. The molecule has 0 aliphatic rings. The van der Waals surface area contributed by atoms with Crippen molar-refractivity contribution in [2.45, 2.75) is 33.1 Å². The number of nitrogens with two attached hydrogens (primary N) is 1. The summed E-state index contributed by atoms with van der Waals surface area (Å²) < 4.78 is 13.1. The number of anilines is 1. The number of unbranched alkanes of at least 4 members (excludes halogenated alkanes) is 1. The van der Waals surface area contributed by atoms with Crippen molar-refractivity contribution >= 4 is 11.5 Å². The van der Waals surface area contributed by atoms with E-state index in [2.05, 4.69) is 5.16 Å². The molecule has 1 aromatic carbocycles. The number of hydrogen-bond acceptors (Lipinski definition) is 3. The van der Waals surface area contributed by atoms with Crippen molar-refractivity contribution in [2.75, 3.05) is 18.5 Å². The molecular formula is C15H24FN3O. The number of halogens is 1. The largest absolute Gasteiger partial charge is 0.409 e. The third-order valence-electron chi connectivity index (χ3n) is 3.60. The van der Waals surface area contributed by atoms with Crippen molar-refractivity contribution < 1.29 is 9.60 Å². The van der Waals surface area contributed by atoms with Crippen LogP contribution in [0.2, 0.25) is 0 Å². The summed E-state index contributed by atoms with van der Waals surface area (Å²) in [7, 11) is 1.95. The van der Waals surface area contributed by atoms with Crippen LogP contribution in [-0.2, 0) is 0 Å². The zero-order valence-electron chi connectivity index (χ0n) is 12.4. The van der Waals surface area contributed by atoms with Crippen molar-refractivity contribution in [3.05, 3.63) is 30.1 Å². The Morgan fingerprint density at radius 2 is 2.10 bits per heavy atom. The smallest absolute Gasteiger partial charge is 0.144 e. The van der Waals surface area contributed by atoms with E-state index in [1.807, 2.05) is 31.9 Å². The van der Waals surface area contributed by atoms with Gasteiger partial charge in [0.05, 0.1) is 0 Å². The maximum atomic E-state index is 13.1. The molecule has 0 saturated carbocycles. The van der Waals surface area contributed by atoms with Gasteiger partial charge in [-0.05, 0) is 31.0 Å². The molecule has 0 radical (unpaired) electrons. The molecule has 0 fully saturated rings. The van der Waals surface area contributed by atoms with E-state index in [1.165, 1.54) is 12.1 Å². The molecule has 0 spiro atoms. The molecule has 5 heteroatoms. The lowest BCUT2D eigenvalue weighted by molar-refractivity contribution is 0.304. The molecule has 0 atom stereocenters. The van der Waals surface area contributed by atoms with Crippen LogP contribution in [0, 0.1) is 11.2 Å². The van der Waals surface area contributed by atoms with Crippen molar-refractivity contribution in [1.82, 2.24) is 0 Å². The average Bonchev–Trinajstić information content (AvgIpc) is 2.42. The Labute approximate surface area is 120 Å². The lowest BCUT2D eigenvalue weighted by Crippen LogP contribution is -2.32. The zero-order chi connectivity index (χ0) is 15.2. The highest BCUT2D eigenvalue weighted by Gasteiger charge is 2.22. The second-order valence-electron chi connectivity index (χ2n) is 5.73. The minimum atomic E-state index is -0.299. The third kappa shape index (κ3) is 4.72. The lowest BCUT2D eigenvalue weighted by Gasteiger charge is -2.24. The molecule has 4 nitrogen and oxygen atoms in total. The van der Waals surface area contributed by atoms with Crippen LogP contribution >= 0.6 is 0 Å². The minimum absolute atomic E-state index is 0.220. The lowest BCUT2D eigenvalue weighted by atomic mass is 9.86. The van der Waals surface area contributed by atoms with Gasteiger partial charge in [-0.3, -0.25) is 0 Å². The Kier molecular flexibility index (Phi) is 5.80. The molecule has 0 aromatic heterocycles. The van der Waals surface area contributed by atoms with Gasteiger partial charge < -0.3 is 15.8 Å². The number of rotatable bonds is 7. The van der Waals surface area contributed by atoms with Crippen LogP contribution in [0.5, 0.6) is 0 Å². The van der Waals surface area contributed by atoms with Crippen LogP contribution in [0.4, 0.5) is 10.1 Å². The summed E-state index contributed by atoms with van der Waals surface area (Å²) in [4.78, 5) is 2.03. The van der Waals surface area contributed by atoms with Crippen molar-refractivity contribution in [2.24, 2.45) is 16.3 Å². The second kappa shape index (κ2) is 7.12. The first kappa shape index (κ1) is 16.3. The monoisotopic (exact) mass is 281 g/mol. The summed E-state index contributed by atoms with van der Waals surface area (Å²) in [5, 5.41) is 11.8. The summed E-state index contributed by atoms with van der Waals surface area (Å²) in [5.74, 6) is 0.0402. The molecule has 112 valence electrons. The van der Waals surface area contributed by atoms with Gasteiger partial charge in [0.25, 0.3) is 0 Å². The van der Waals surface area contributed by atoms with E-state index in [1.54, 1.807) is 6.07 Å². The highest BCUT2D eigenvalue weighted by atomic mass is 19.1. The van der Waals surface area contributed by atoms with Crippen LogP contribution in [0.1, 0.15) is 33.1 Å². The van der Waals surface area contributed by atoms with Crippen LogP contribution in [0.15, 0.2) is 29.4 Å². The first-order valence-electron chi connectivity index (χ1n) is 6.81. The van der Waals surface area contributed by atoms with Gasteiger partial charge in [0.2, 0.25) is 0 Å². The molecular weight excluding hydrogens is 257 g/mol. The van der Waals surface area contributed by atoms with Crippen molar-refractivity contribution in [3.8, 4) is 0 Å². The van der Waals surface area contributed by atoms with E-state index in [-0.39, 0.29) is 17.1 Å². The predicted molar refractivity (Wildman–Crippen MR) is 80.7 cm³/mol. The van der Waals surface area contributed by atoms with E-state index < -0.39 is 0 Å². The van der Waals surface area contributed by atoms with E-state index in [0.717, 1.165) is 31.5 Å². The molecule has 3 N–H and O–H groups in total. The number of benzene rings is 1. The number of amidine groups is 1. The van der Waals surface area contributed by atoms with Crippen molar-refractivity contribution in [1.29, 1.82) is 0 Å². The van der Waals surface area contributed by atoms with Gasteiger partial charge in [0.15, 0.2) is 0 Å². The summed E-state index contributed by atoms with van der Waals surface area (Å²) >= 11 is 0. The van der Waals surface area contributed by atoms with E-state index in [4.69, 9.17) is 10.9 Å². The van der Waals surface area contributed by atoms with Crippen LogP contribution in [0.3, 0.4) is 0 Å². The van der Waals surface area contributed by atoms with Gasteiger partial charge in [-0.1, -0.05) is 31.5 Å². The Bertz CT molecular complexity index is 460. The highest BCUT2D eigenvalue weighted by molar-refractivity contribution is 5.85. The van der Waals surface area contributed by atoms with E-state index in [9.17, 15) is 4.39 Å². The minimum Gasteiger partial charge on any atom is -0.409 e. The first-order valence-corrected chi connectivity index (χ1v) is 6.81. The first-order chi connectivity index (χ1) is 9.36. The maximum absolute atomic E-state index is 13.1. The third-order valence-corrected chi connectivity index (χ3v) is 3.60. The highest BCUT2D eigenvalue weighted by Crippen LogP contribution is 2.23. The Balaban J connectivity index is 2.38. The molecule has 0 amide bonds. The molecule has 0 unspecified atom stereocenters. The summed E-state index contributed by atoms with van der Waals surface area (Å²) in [6.45, 7) is 4.76. The SMILES string of the molecule is CN(CCCCC(C)(C)/C(N)=N/O)c1cccc(F)c1. The fourth-order valence-corrected chi connectivity index (χ4v) is 2.02. The molecule has 1 aromatic rings. The fourth-order valence-electron chi connectivity index (χ4n) is 2.02. The topological polar surface area (TPSA) is 61.8 Å². The van der Waals surface area contributed by atoms with Crippen LogP contribution < -0.4 is 10.6 Å². The van der Waals surface area contributed by atoms with Crippen LogP contribution in [0.25, 0.3) is 0 Å². The summed E-state index contributed by atoms with van der Waals surface area (Å²) in [5.41, 5.74) is 6.22. The molecule has 0 bridgehead atoms. The van der Waals surface area contributed by atoms with Gasteiger partial charge in [0, 0.05) is 24.7 Å². The number of nitrogens with zero attached hydrogens (tertiary/aromatic N) is 2. The molecule has 20 heavy (non-hydrogen) atoms. The number of hydrogen-bond donors (Lipinski definition) is 2. The maximum Gasteiger partial charge on any atom is 0.144 e. The quantitative estimate of drug-likeness (QED) is 0.265. The zero-order valence-corrected chi connectivity index (χ0v) is 12.4. The van der Waals surface area contributed by atoms with Gasteiger partial charge in [-0.25, -0.2) is 4.39 Å². The Morgan fingerprint density at radius 3 is 2.70 bits per heavy atom. The second-order valence-corrected chi connectivity index (χ2v) is 5.73. The molecule has 0 saturated heterocycles. The van der Waals surface area contributed by atoms with Gasteiger partial charge in [-0.2, -0.15) is 0 Å². The Hall–Kier alpha value is -1.78. The van der Waals surface area contributed by atoms with E-state index >= 15 is 0 Å².